The zero-order chi connectivity index (χ0) is 27.1. The van der Waals surface area contributed by atoms with E-state index in [4.69, 9.17) is 14.7 Å². The Morgan fingerprint density at radius 3 is 2.79 bits per heavy atom. The molecule has 1 N–H and O–H groups in total. The molecule has 1 aromatic carbocycles. The minimum Gasteiger partial charge on any atom is -0.466 e. The molecule has 1 aliphatic heterocycles. The largest absolute Gasteiger partial charge is 0.466 e. The van der Waals surface area contributed by atoms with Crippen LogP contribution in [0.3, 0.4) is 0 Å². The summed E-state index contributed by atoms with van der Waals surface area (Å²) in [4.78, 5) is 22.3. The molecule has 0 saturated carbocycles. The van der Waals surface area contributed by atoms with Crippen molar-refractivity contribution in [2.75, 3.05) is 18.5 Å². The number of aromatic nitrogens is 2. The first kappa shape index (κ1) is 27.8. The van der Waals surface area contributed by atoms with Crippen molar-refractivity contribution in [3.8, 4) is 6.07 Å². The van der Waals surface area contributed by atoms with Gasteiger partial charge in [0.15, 0.2) is 0 Å². The quantitative estimate of drug-likeness (QED) is 0.300. The third kappa shape index (κ3) is 7.20. The van der Waals surface area contributed by atoms with Gasteiger partial charge >= 0.3 is 5.97 Å². The van der Waals surface area contributed by atoms with Crippen LogP contribution in [0.5, 0.6) is 0 Å². The number of nitrogens with one attached hydrogen (secondary N) is 1. The van der Waals surface area contributed by atoms with E-state index in [0.717, 1.165) is 65.6 Å². The molecular weight excluding hydrogens is 492 g/mol. The van der Waals surface area contributed by atoms with Crippen LogP contribution in [0.1, 0.15) is 91.5 Å². The molecule has 0 saturated heterocycles. The van der Waals surface area contributed by atoms with Crippen LogP contribution >= 0.6 is 11.3 Å². The Bertz CT molecular complexity index is 1300. The molecule has 0 radical (unpaired) electrons. The lowest BCUT2D eigenvalue weighted by Gasteiger charge is -2.23. The number of carbonyl (C=O) groups is 1. The van der Waals surface area contributed by atoms with Crippen molar-refractivity contribution < 1.29 is 9.53 Å². The number of nitriles is 1. The number of thiazole rings is 1. The number of ether oxygens (including phenoxy) is 1. The number of hydrogen-bond acceptors (Lipinski definition) is 7. The number of hydrogen-bond donors (Lipinski definition) is 1. The van der Waals surface area contributed by atoms with E-state index in [1.54, 1.807) is 11.3 Å². The van der Waals surface area contributed by atoms with E-state index in [0.29, 0.717) is 18.6 Å². The number of anilines is 1. The van der Waals surface area contributed by atoms with Crippen molar-refractivity contribution in [2.24, 2.45) is 0 Å². The summed E-state index contributed by atoms with van der Waals surface area (Å²) in [5.74, 6) is 0.628. The molecule has 0 bridgehead atoms. The summed E-state index contributed by atoms with van der Waals surface area (Å²) in [6.07, 6.45) is 5.88. The Morgan fingerprint density at radius 2 is 2.03 bits per heavy atom. The first-order valence-electron chi connectivity index (χ1n) is 13.6. The van der Waals surface area contributed by atoms with E-state index in [1.165, 1.54) is 12.0 Å². The summed E-state index contributed by atoms with van der Waals surface area (Å²) < 4.78 is 5.29. The highest BCUT2D eigenvalue weighted by atomic mass is 32.1. The smallest absolute Gasteiger partial charge is 0.306 e. The first-order chi connectivity index (χ1) is 18.3. The number of nitrogens with zero attached hydrogens (tertiary/aromatic N) is 3. The summed E-state index contributed by atoms with van der Waals surface area (Å²) in [5, 5.41) is 16.4. The number of carbonyl (C=O) groups excluding carboxylic acids is 1. The van der Waals surface area contributed by atoms with Gasteiger partial charge in [0.25, 0.3) is 0 Å². The fourth-order valence-corrected chi connectivity index (χ4v) is 5.77. The highest BCUT2D eigenvalue weighted by Crippen LogP contribution is 2.33. The van der Waals surface area contributed by atoms with Crippen LogP contribution < -0.4 is 5.32 Å². The highest BCUT2D eigenvalue weighted by Gasteiger charge is 2.24. The predicted octanol–water partition coefficient (Wildman–Crippen LogP) is 6.52. The number of fused-ring (bicyclic) bond motifs is 1. The van der Waals surface area contributed by atoms with Crippen LogP contribution in [-0.2, 0) is 40.6 Å². The maximum Gasteiger partial charge on any atom is 0.306 e. The Hall–Kier alpha value is -3.24. The molecule has 1 atom stereocenters. The fraction of sp³-hybridized carbons (Fsp3) is 0.484. The summed E-state index contributed by atoms with van der Waals surface area (Å²) >= 11 is 1.67. The minimum atomic E-state index is -0.245. The molecular formula is C31H38N4O2S. The van der Waals surface area contributed by atoms with Crippen LogP contribution in [0.25, 0.3) is 0 Å². The fourth-order valence-electron chi connectivity index (χ4n) is 4.92. The monoisotopic (exact) mass is 530 g/mol. The summed E-state index contributed by atoms with van der Waals surface area (Å²) in [7, 11) is 0. The van der Waals surface area contributed by atoms with Crippen molar-refractivity contribution in [3.05, 3.63) is 74.4 Å². The van der Waals surface area contributed by atoms with Gasteiger partial charge in [0.2, 0.25) is 0 Å². The zero-order valence-electron chi connectivity index (χ0n) is 23.0. The number of aryl methyl sites for hydroxylation is 3. The third-order valence-corrected chi connectivity index (χ3v) is 7.98. The van der Waals surface area contributed by atoms with Crippen LogP contribution in [0.4, 0.5) is 5.82 Å². The van der Waals surface area contributed by atoms with Gasteiger partial charge in [0, 0.05) is 23.5 Å². The molecule has 3 heterocycles. The lowest BCUT2D eigenvalue weighted by molar-refractivity contribution is -0.143. The maximum absolute atomic E-state index is 12.5. The van der Waals surface area contributed by atoms with Crippen molar-refractivity contribution >= 4 is 23.1 Å². The molecule has 3 aromatic rings. The van der Waals surface area contributed by atoms with Crippen molar-refractivity contribution in [2.45, 2.75) is 84.0 Å². The Kier molecular flexibility index (Phi) is 9.17. The number of esters is 1. The normalized spacial score (nSPS) is 13.8. The standard InChI is InChI=1S/C31H38N4O2S/c1-5-37-29(36)17-23(27-18-24(31(2,3)4)13-11-22(27)19-32)16-26-20-38-28(34-26)10-6-9-25-14-12-21-8-7-15-33-30(21)35-25/h11-14,18,20,23H,5-10,15-17H2,1-4H3,(H,33,35). The summed E-state index contributed by atoms with van der Waals surface area (Å²) in [6.45, 7) is 9.62. The Balaban J connectivity index is 1.46. The summed E-state index contributed by atoms with van der Waals surface area (Å²) in [6, 6.07) is 12.7. The lowest BCUT2D eigenvalue weighted by Crippen LogP contribution is -2.16. The van der Waals surface area contributed by atoms with Gasteiger partial charge in [0.1, 0.15) is 5.82 Å². The topological polar surface area (TPSA) is 87.9 Å². The second-order valence-electron chi connectivity index (χ2n) is 11.0. The van der Waals surface area contributed by atoms with Gasteiger partial charge in [-0.15, -0.1) is 11.3 Å². The Labute approximate surface area is 230 Å². The van der Waals surface area contributed by atoms with Gasteiger partial charge in [-0.2, -0.15) is 5.26 Å². The maximum atomic E-state index is 12.5. The first-order valence-corrected chi connectivity index (χ1v) is 14.5. The molecule has 0 spiro atoms. The van der Waals surface area contributed by atoms with Gasteiger partial charge in [-0.3, -0.25) is 4.79 Å². The molecule has 6 nitrogen and oxygen atoms in total. The third-order valence-electron chi connectivity index (χ3n) is 7.03. The molecule has 1 unspecified atom stereocenters. The van der Waals surface area contributed by atoms with E-state index in [1.807, 2.05) is 19.1 Å². The van der Waals surface area contributed by atoms with E-state index < -0.39 is 0 Å². The highest BCUT2D eigenvalue weighted by molar-refractivity contribution is 7.09. The molecule has 4 rings (SSSR count). The predicted molar refractivity (Wildman–Crippen MR) is 153 cm³/mol. The van der Waals surface area contributed by atoms with Gasteiger partial charge < -0.3 is 10.1 Å². The van der Waals surface area contributed by atoms with Crippen molar-refractivity contribution in [3.63, 3.8) is 0 Å². The molecule has 38 heavy (non-hydrogen) atoms. The molecule has 0 fully saturated rings. The zero-order valence-corrected chi connectivity index (χ0v) is 23.8. The van der Waals surface area contributed by atoms with Crippen LogP contribution in [0.15, 0.2) is 35.7 Å². The van der Waals surface area contributed by atoms with E-state index >= 15 is 0 Å². The van der Waals surface area contributed by atoms with Gasteiger partial charge in [-0.1, -0.05) is 39.0 Å². The van der Waals surface area contributed by atoms with Crippen LogP contribution in [-0.4, -0.2) is 29.1 Å². The van der Waals surface area contributed by atoms with E-state index in [2.05, 4.69) is 55.7 Å². The molecule has 2 aromatic heterocycles. The van der Waals surface area contributed by atoms with Gasteiger partial charge in [0.05, 0.1) is 35.4 Å². The average molecular weight is 531 g/mol. The van der Waals surface area contributed by atoms with Gasteiger partial charge in [-0.25, -0.2) is 9.97 Å². The SMILES string of the molecule is CCOC(=O)CC(Cc1csc(CCCc2ccc3c(n2)NCCC3)n1)c1cc(C(C)(C)C)ccc1C#N. The van der Waals surface area contributed by atoms with Crippen molar-refractivity contribution in [1.82, 2.24) is 9.97 Å². The Morgan fingerprint density at radius 1 is 1.18 bits per heavy atom. The molecule has 0 aliphatic carbocycles. The van der Waals surface area contributed by atoms with Crippen LogP contribution in [0.2, 0.25) is 0 Å². The van der Waals surface area contributed by atoms with Crippen molar-refractivity contribution in [1.29, 1.82) is 5.26 Å². The van der Waals surface area contributed by atoms with E-state index in [-0.39, 0.29) is 23.7 Å². The number of rotatable bonds is 10. The van der Waals surface area contributed by atoms with Gasteiger partial charge in [-0.05, 0) is 79.7 Å². The van der Waals surface area contributed by atoms with Crippen LogP contribution in [0, 0.1) is 11.3 Å². The molecule has 1 aliphatic rings. The number of pyridine rings is 1. The number of benzene rings is 1. The second-order valence-corrected chi connectivity index (χ2v) is 11.9. The molecule has 7 heteroatoms. The minimum absolute atomic E-state index is 0.0615. The molecule has 200 valence electrons. The summed E-state index contributed by atoms with van der Waals surface area (Å²) in [5.41, 5.74) is 5.98. The second kappa shape index (κ2) is 12.5. The lowest BCUT2D eigenvalue weighted by atomic mass is 9.81. The average Bonchev–Trinajstić information content (AvgIpc) is 3.34. The van der Waals surface area contributed by atoms with E-state index in [9.17, 15) is 10.1 Å². The molecule has 0 amide bonds.